The minimum atomic E-state index is -0.744. The highest BCUT2D eigenvalue weighted by atomic mass is 16.5. The van der Waals surface area contributed by atoms with Crippen LogP contribution in [0, 0.1) is 30.1 Å². The molecule has 0 amide bonds. The van der Waals surface area contributed by atoms with Crippen LogP contribution in [0.4, 0.5) is 0 Å². The molecule has 0 fully saturated rings. The summed E-state index contributed by atoms with van der Waals surface area (Å²) in [5.74, 6) is 2.14. The van der Waals surface area contributed by atoms with Crippen molar-refractivity contribution in [2.45, 2.75) is 13.8 Å². The molecular weight excluding hydrogens is 196 g/mol. The fourth-order valence-electron chi connectivity index (χ4n) is 0.647. The molecule has 4 nitrogen and oxygen atoms in total. The normalized spacial score (nSPS) is 9.60. The van der Waals surface area contributed by atoms with Gasteiger partial charge in [0.1, 0.15) is 13.2 Å². The Morgan fingerprint density at radius 2 is 1.40 bits per heavy atom. The van der Waals surface area contributed by atoms with Crippen molar-refractivity contribution in [3.8, 4) is 24.7 Å². The molecular formula is C11H12O4. The van der Waals surface area contributed by atoms with Gasteiger partial charge in [0, 0.05) is 17.3 Å². The first-order valence-electron chi connectivity index (χ1n) is 4.18. The van der Waals surface area contributed by atoms with E-state index < -0.39 is 17.4 Å². The molecule has 0 radical (unpaired) electrons. The molecule has 0 unspecified atom stereocenters. The summed E-state index contributed by atoms with van der Waals surface area (Å²) in [5.41, 5.74) is -0.515. The van der Waals surface area contributed by atoms with Gasteiger partial charge in [-0.2, -0.15) is 0 Å². The lowest BCUT2D eigenvalue weighted by atomic mass is 9.96. The van der Waals surface area contributed by atoms with E-state index in [1.807, 2.05) is 11.8 Å². The zero-order valence-electron chi connectivity index (χ0n) is 8.70. The molecule has 0 aromatic heterocycles. The van der Waals surface area contributed by atoms with Crippen molar-refractivity contribution in [3.05, 3.63) is 0 Å². The largest absolute Gasteiger partial charge is 0.455 e. The van der Waals surface area contributed by atoms with E-state index in [1.54, 1.807) is 13.8 Å². The van der Waals surface area contributed by atoms with Crippen LogP contribution in [0.2, 0.25) is 0 Å². The van der Waals surface area contributed by atoms with Gasteiger partial charge in [0.05, 0.1) is 0 Å². The van der Waals surface area contributed by atoms with Crippen LogP contribution in [0.25, 0.3) is 0 Å². The number of ether oxygens (including phenoxy) is 2. The lowest BCUT2D eigenvalue weighted by Crippen LogP contribution is -2.28. The predicted molar refractivity (Wildman–Crippen MR) is 53.4 cm³/mol. The minimum absolute atomic E-state index is 0.0634. The zero-order valence-corrected chi connectivity index (χ0v) is 8.70. The summed E-state index contributed by atoms with van der Waals surface area (Å²) < 4.78 is 9.41. The van der Waals surface area contributed by atoms with E-state index in [-0.39, 0.29) is 13.2 Å². The minimum Gasteiger partial charge on any atom is -0.455 e. The van der Waals surface area contributed by atoms with Crippen molar-refractivity contribution in [3.63, 3.8) is 0 Å². The molecule has 0 aliphatic heterocycles. The topological polar surface area (TPSA) is 52.6 Å². The van der Waals surface area contributed by atoms with Gasteiger partial charge in [-0.15, -0.1) is 12.8 Å². The molecule has 0 rings (SSSR count). The summed E-state index contributed by atoms with van der Waals surface area (Å²) in [4.78, 5) is 21.3. The van der Waals surface area contributed by atoms with Crippen LogP contribution in [-0.4, -0.2) is 25.2 Å². The van der Waals surface area contributed by atoms with E-state index in [1.165, 1.54) is 0 Å². The summed E-state index contributed by atoms with van der Waals surface area (Å²) in [6.07, 6.45) is 9.62. The number of carbonyl (C=O) groups is 2. The highest BCUT2D eigenvalue weighted by molar-refractivity contribution is 5.88. The quantitative estimate of drug-likeness (QED) is 0.380. The maximum absolute atomic E-state index is 10.7. The molecule has 0 aromatic rings. The van der Waals surface area contributed by atoms with E-state index >= 15 is 0 Å². The predicted octanol–water partition coefficient (Wildman–Crippen LogP) is 0.365. The maximum atomic E-state index is 10.7. The van der Waals surface area contributed by atoms with E-state index in [0.717, 1.165) is 0 Å². The smallest absolute Gasteiger partial charge is 0.384 e. The second-order valence-electron chi connectivity index (χ2n) is 3.61. The van der Waals surface area contributed by atoms with Crippen LogP contribution in [0.1, 0.15) is 13.8 Å². The van der Waals surface area contributed by atoms with Crippen LogP contribution in [0.3, 0.4) is 0 Å². The van der Waals surface area contributed by atoms with Crippen molar-refractivity contribution in [1.29, 1.82) is 0 Å². The Labute approximate surface area is 88.9 Å². The third kappa shape index (κ3) is 6.17. The molecule has 0 aromatic carbocycles. The Morgan fingerprint density at radius 1 is 1.07 bits per heavy atom. The molecule has 80 valence electrons. The summed E-state index contributed by atoms with van der Waals surface area (Å²) in [5, 5.41) is 0. The Morgan fingerprint density at radius 3 is 1.67 bits per heavy atom. The van der Waals surface area contributed by atoms with Crippen molar-refractivity contribution >= 4 is 11.9 Å². The Hall–Kier alpha value is -1.94. The van der Waals surface area contributed by atoms with Gasteiger partial charge in [-0.3, -0.25) is 0 Å². The van der Waals surface area contributed by atoms with E-state index in [2.05, 4.69) is 0 Å². The standard InChI is InChI=1S/C11H12O4/c1-5-9(12)14-7-11(3,4)8-15-10(13)6-2/h1-2H,7-8H2,3-4H3. The molecule has 4 heteroatoms. The van der Waals surface area contributed by atoms with Crippen molar-refractivity contribution < 1.29 is 19.1 Å². The first-order valence-corrected chi connectivity index (χ1v) is 4.18. The highest BCUT2D eigenvalue weighted by Crippen LogP contribution is 2.15. The molecule has 0 aliphatic carbocycles. The zero-order chi connectivity index (χ0) is 11.9. The molecule has 0 saturated heterocycles. The highest BCUT2D eigenvalue weighted by Gasteiger charge is 2.22. The average molecular weight is 208 g/mol. The fourth-order valence-corrected chi connectivity index (χ4v) is 0.647. The van der Waals surface area contributed by atoms with Crippen LogP contribution in [0.15, 0.2) is 0 Å². The third-order valence-corrected chi connectivity index (χ3v) is 1.42. The fraction of sp³-hybridized carbons (Fsp3) is 0.455. The lowest BCUT2D eigenvalue weighted by molar-refractivity contribution is -0.145. The lowest BCUT2D eigenvalue weighted by Gasteiger charge is -2.22. The van der Waals surface area contributed by atoms with E-state index in [0.29, 0.717) is 0 Å². The van der Waals surface area contributed by atoms with Gasteiger partial charge >= 0.3 is 11.9 Å². The van der Waals surface area contributed by atoms with Crippen LogP contribution in [0.5, 0.6) is 0 Å². The van der Waals surface area contributed by atoms with Crippen LogP contribution < -0.4 is 0 Å². The van der Waals surface area contributed by atoms with Gasteiger partial charge in [-0.25, -0.2) is 9.59 Å². The average Bonchev–Trinajstić information content (AvgIpc) is 2.22. The summed E-state index contributed by atoms with van der Waals surface area (Å²) in [7, 11) is 0. The van der Waals surface area contributed by atoms with Crippen molar-refractivity contribution in [1.82, 2.24) is 0 Å². The number of rotatable bonds is 4. The molecule has 0 atom stereocenters. The maximum Gasteiger partial charge on any atom is 0.384 e. The van der Waals surface area contributed by atoms with E-state index in [4.69, 9.17) is 22.3 Å². The first kappa shape index (κ1) is 13.1. The summed E-state index contributed by atoms with van der Waals surface area (Å²) in [6, 6.07) is 0. The molecule has 0 bridgehead atoms. The molecule has 0 spiro atoms. The Bertz CT molecular complexity index is 295. The monoisotopic (exact) mass is 208 g/mol. The molecule has 0 N–H and O–H groups in total. The molecule has 0 saturated carbocycles. The van der Waals surface area contributed by atoms with Crippen LogP contribution >= 0.6 is 0 Å². The molecule has 0 aliphatic rings. The molecule has 15 heavy (non-hydrogen) atoms. The van der Waals surface area contributed by atoms with Gasteiger partial charge < -0.3 is 9.47 Å². The Balaban J connectivity index is 3.99. The second kappa shape index (κ2) is 5.72. The van der Waals surface area contributed by atoms with Gasteiger partial charge in [-0.1, -0.05) is 13.8 Å². The number of hydrogen-bond donors (Lipinski definition) is 0. The van der Waals surface area contributed by atoms with Gasteiger partial charge in [-0.05, 0) is 0 Å². The summed E-state index contributed by atoms with van der Waals surface area (Å²) in [6.45, 7) is 3.63. The first-order chi connectivity index (χ1) is 6.91. The third-order valence-electron chi connectivity index (χ3n) is 1.42. The van der Waals surface area contributed by atoms with Gasteiger partial charge in [0.2, 0.25) is 0 Å². The van der Waals surface area contributed by atoms with Gasteiger partial charge in [0.15, 0.2) is 0 Å². The number of esters is 2. The molecule has 0 heterocycles. The number of terminal acetylenes is 2. The van der Waals surface area contributed by atoms with Crippen molar-refractivity contribution in [2.75, 3.05) is 13.2 Å². The van der Waals surface area contributed by atoms with Crippen molar-refractivity contribution in [2.24, 2.45) is 5.41 Å². The Kier molecular flexibility index (Phi) is 4.98. The van der Waals surface area contributed by atoms with Crippen LogP contribution in [-0.2, 0) is 19.1 Å². The number of hydrogen-bond acceptors (Lipinski definition) is 4. The number of carbonyl (C=O) groups excluding carboxylic acids is 2. The SMILES string of the molecule is C#CC(=O)OCC(C)(C)COC(=O)C#C. The second-order valence-corrected chi connectivity index (χ2v) is 3.61. The summed E-state index contributed by atoms with van der Waals surface area (Å²) >= 11 is 0. The van der Waals surface area contributed by atoms with E-state index in [9.17, 15) is 9.59 Å². The van der Waals surface area contributed by atoms with Gasteiger partial charge in [0.25, 0.3) is 0 Å².